The van der Waals surface area contributed by atoms with Gasteiger partial charge in [-0.2, -0.15) is 0 Å². The highest BCUT2D eigenvalue weighted by Crippen LogP contribution is 2.37. The summed E-state index contributed by atoms with van der Waals surface area (Å²) in [6.45, 7) is 12.1. The van der Waals surface area contributed by atoms with E-state index in [1.165, 1.54) is 36.2 Å². The Hall–Kier alpha value is -3.21. The Bertz CT molecular complexity index is 1180. The van der Waals surface area contributed by atoms with Crippen LogP contribution in [0.15, 0.2) is 60.1 Å². The van der Waals surface area contributed by atoms with Gasteiger partial charge >= 0.3 is 6.09 Å². The number of allylic oxidation sites excluding steroid dienone is 1. The smallest absolute Gasteiger partial charge is 0.410 e. The Balaban J connectivity index is 1.80. The molecule has 33 heavy (non-hydrogen) atoms. The summed E-state index contributed by atoms with van der Waals surface area (Å²) in [5.41, 5.74) is 2.23. The summed E-state index contributed by atoms with van der Waals surface area (Å²) in [4.78, 5) is 28.9. The molecule has 0 unspecified atom stereocenters. The van der Waals surface area contributed by atoms with E-state index in [2.05, 4.69) is 42.4 Å². The van der Waals surface area contributed by atoms with Crippen LogP contribution in [0.4, 0.5) is 16.2 Å². The highest BCUT2D eigenvalue weighted by atomic mass is 32.2. The van der Waals surface area contributed by atoms with Crippen molar-refractivity contribution in [2.24, 2.45) is 0 Å². The van der Waals surface area contributed by atoms with Crippen molar-refractivity contribution >= 4 is 46.3 Å². The number of ether oxygens (including phenoxy) is 1. The molecule has 0 aliphatic heterocycles. The summed E-state index contributed by atoms with van der Waals surface area (Å²) in [6.07, 6.45) is 1.12. The molecule has 0 fully saturated rings. The van der Waals surface area contributed by atoms with Gasteiger partial charge in [0.1, 0.15) is 10.8 Å². The van der Waals surface area contributed by atoms with Crippen molar-refractivity contribution in [2.75, 3.05) is 5.32 Å². The second kappa shape index (κ2) is 10.2. The Kier molecular flexibility index (Phi) is 7.52. The zero-order valence-corrected chi connectivity index (χ0v) is 20.3. The molecule has 1 amide bonds. The number of hydrogen-bond donors (Lipinski definition) is 2. The number of amides is 1. The Morgan fingerprint density at radius 1 is 1.21 bits per heavy atom. The molecule has 0 atom stereocenters. The monoisotopic (exact) mass is 484 g/mol. The van der Waals surface area contributed by atoms with Gasteiger partial charge in [-0.25, -0.2) is 9.78 Å². The first-order valence-corrected chi connectivity index (χ1v) is 11.6. The Morgan fingerprint density at radius 2 is 1.91 bits per heavy atom. The first kappa shape index (κ1) is 24.4. The number of nitro benzene ring substituents is 1. The number of carbonyl (C=O) groups excluding carboxylic acids is 1. The first-order valence-electron chi connectivity index (χ1n) is 9.95. The first-order chi connectivity index (χ1) is 15.5. The van der Waals surface area contributed by atoms with Crippen LogP contribution in [0.2, 0.25) is 0 Å². The molecule has 2 aromatic carbocycles. The lowest BCUT2D eigenvalue weighted by molar-refractivity contribution is -0.384. The number of anilines is 1. The van der Waals surface area contributed by atoms with E-state index in [1.54, 1.807) is 17.4 Å². The van der Waals surface area contributed by atoms with Gasteiger partial charge in [0.2, 0.25) is 0 Å². The average molecular weight is 485 g/mol. The van der Waals surface area contributed by atoms with Gasteiger partial charge in [0.05, 0.1) is 9.80 Å². The molecule has 0 bridgehead atoms. The van der Waals surface area contributed by atoms with E-state index in [0.717, 1.165) is 25.9 Å². The summed E-state index contributed by atoms with van der Waals surface area (Å²) in [6, 6.07) is 10.9. The lowest BCUT2D eigenvalue weighted by atomic mass is 10.1. The molecule has 0 saturated heterocycles. The predicted molar refractivity (Wildman–Crippen MR) is 134 cm³/mol. The standard InChI is InChI=1S/C23H24N4O4S2/c1-14(2)21-24-13-20(32-21)18-11-6-15(12-19(18)33-26-23(3,4)5)25-22(28)31-17-9-7-16(8-10-17)27(29)30/h6-13,26H,1H2,2-5H3,(H,25,28). The SMILES string of the molecule is C=C(C)c1ncc(-c2ccc(NC(=O)Oc3ccc([N+](=O)[O-])cc3)cc2SNC(C)(C)C)s1. The van der Waals surface area contributed by atoms with Crippen molar-refractivity contribution in [2.45, 2.75) is 38.1 Å². The van der Waals surface area contributed by atoms with Gasteiger partial charge in [-0.05, 0) is 69.5 Å². The molecule has 1 heterocycles. The molecule has 1 aromatic heterocycles. The molecule has 172 valence electrons. The molecule has 0 spiro atoms. The summed E-state index contributed by atoms with van der Waals surface area (Å²) in [7, 11) is 0. The fourth-order valence-corrected chi connectivity index (χ4v) is 4.41. The van der Waals surface area contributed by atoms with Crippen LogP contribution in [0.3, 0.4) is 0 Å². The van der Waals surface area contributed by atoms with Crippen molar-refractivity contribution in [3.8, 4) is 16.2 Å². The predicted octanol–water partition coefficient (Wildman–Crippen LogP) is 6.76. The van der Waals surface area contributed by atoms with Crippen molar-refractivity contribution in [3.05, 3.63) is 70.4 Å². The van der Waals surface area contributed by atoms with Gasteiger partial charge in [0.15, 0.2) is 0 Å². The zero-order chi connectivity index (χ0) is 24.2. The van der Waals surface area contributed by atoms with Gasteiger partial charge in [-0.1, -0.05) is 12.6 Å². The van der Waals surface area contributed by atoms with Crippen LogP contribution < -0.4 is 14.8 Å². The van der Waals surface area contributed by atoms with Crippen molar-refractivity contribution in [1.82, 2.24) is 9.71 Å². The molecular formula is C23H24N4O4S2. The summed E-state index contributed by atoms with van der Waals surface area (Å²) in [5.74, 6) is 0.204. The second-order valence-electron chi connectivity index (χ2n) is 8.24. The summed E-state index contributed by atoms with van der Waals surface area (Å²) >= 11 is 3.02. The van der Waals surface area contributed by atoms with Gasteiger partial charge in [0.25, 0.3) is 5.69 Å². The second-order valence-corrected chi connectivity index (χ2v) is 10.1. The van der Waals surface area contributed by atoms with E-state index in [4.69, 9.17) is 4.74 Å². The van der Waals surface area contributed by atoms with Crippen LogP contribution in [0.1, 0.15) is 32.7 Å². The van der Waals surface area contributed by atoms with Crippen molar-refractivity contribution in [3.63, 3.8) is 0 Å². The van der Waals surface area contributed by atoms with E-state index >= 15 is 0 Å². The molecule has 0 aliphatic rings. The maximum atomic E-state index is 12.4. The van der Waals surface area contributed by atoms with E-state index < -0.39 is 11.0 Å². The number of thiazole rings is 1. The largest absolute Gasteiger partial charge is 0.417 e. The molecule has 10 heteroatoms. The topological polar surface area (TPSA) is 106 Å². The molecule has 0 radical (unpaired) electrons. The number of benzene rings is 2. The molecule has 0 saturated carbocycles. The summed E-state index contributed by atoms with van der Waals surface area (Å²) < 4.78 is 8.64. The highest BCUT2D eigenvalue weighted by molar-refractivity contribution is 7.97. The third-order valence-electron chi connectivity index (χ3n) is 4.09. The molecular weight excluding hydrogens is 460 g/mol. The highest BCUT2D eigenvalue weighted by Gasteiger charge is 2.16. The minimum absolute atomic E-state index is 0.0794. The van der Waals surface area contributed by atoms with Crippen LogP contribution in [-0.4, -0.2) is 21.5 Å². The fourth-order valence-electron chi connectivity index (χ4n) is 2.58. The van der Waals surface area contributed by atoms with E-state index in [-0.39, 0.29) is 17.0 Å². The number of nitrogens with zero attached hydrogens (tertiary/aromatic N) is 2. The Morgan fingerprint density at radius 3 is 2.48 bits per heavy atom. The number of carbonyl (C=O) groups is 1. The van der Waals surface area contributed by atoms with E-state index in [1.807, 2.05) is 25.3 Å². The van der Waals surface area contributed by atoms with Gasteiger partial charge < -0.3 is 4.74 Å². The Labute approximate surface area is 200 Å². The van der Waals surface area contributed by atoms with Crippen LogP contribution in [0.25, 0.3) is 16.0 Å². The van der Waals surface area contributed by atoms with Crippen molar-refractivity contribution < 1.29 is 14.5 Å². The lowest BCUT2D eigenvalue weighted by Crippen LogP contribution is -2.29. The maximum absolute atomic E-state index is 12.4. The lowest BCUT2D eigenvalue weighted by Gasteiger charge is -2.21. The minimum atomic E-state index is -0.696. The quantitative estimate of drug-likeness (QED) is 0.217. The number of nitro groups is 1. The molecule has 2 N–H and O–H groups in total. The number of non-ortho nitro benzene ring substituents is 1. The zero-order valence-electron chi connectivity index (χ0n) is 18.7. The third-order valence-corrected chi connectivity index (χ3v) is 6.55. The van der Waals surface area contributed by atoms with E-state index in [9.17, 15) is 14.9 Å². The normalized spacial score (nSPS) is 11.2. The molecule has 8 nitrogen and oxygen atoms in total. The van der Waals surface area contributed by atoms with Gasteiger partial charge in [0, 0.05) is 40.0 Å². The fraction of sp³-hybridized carbons (Fsp3) is 0.217. The van der Waals surface area contributed by atoms with Crippen LogP contribution in [0, 0.1) is 10.1 Å². The van der Waals surface area contributed by atoms with Crippen LogP contribution in [0.5, 0.6) is 5.75 Å². The summed E-state index contributed by atoms with van der Waals surface area (Å²) in [5, 5.41) is 14.3. The van der Waals surface area contributed by atoms with E-state index in [0.29, 0.717) is 5.69 Å². The van der Waals surface area contributed by atoms with Crippen molar-refractivity contribution in [1.29, 1.82) is 0 Å². The van der Waals surface area contributed by atoms with Gasteiger partial charge in [-0.15, -0.1) is 11.3 Å². The minimum Gasteiger partial charge on any atom is -0.410 e. The van der Waals surface area contributed by atoms with Crippen LogP contribution in [-0.2, 0) is 0 Å². The average Bonchev–Trinajstić information content (AvgIpc) is 3.22. The third kappa shape index (κ3) is 6.88. The number of rotatable bonds is 7. The molecule has 3 rings (SSSR count). The number of nitrogens with one attached hydrogen (secondary N) is 2. The van der Waals surface area contributed by atoms with Crippen LogP contribution >= 0.6 is 23.3 Å². The molecule has 0 aliphatic carbocycles. The number of aromatic nitrogens is 1. The number of hydrogen-bond acceptors (Lipinski definition) is 8. The van der Waals surface area contributed by atoms with Gasteiger partial charge in [-0.3, -0.25) is 20.2 Å². The maximum Gasteiger partial charge on any atom is 0.417 e. The molecule has 3 aromatic rings.